The first-order valence-corrected chi connectivity index (χ1v) is 24.3. The monoisotopic (exact) mass is 1000 g/mol. The van der Waals surface area contributed by atoms with Crippen molar-refractivity contribution >= 4 is 46.2 Å². The van der Waals surface area contributed by atoms with Crippen LogP contribution < -0.4 is 5.19 Å². The van der Waals surface area contributed by atoms with Gasteiger partial charge < -0.3 is 14.0 Å². The van der Waals surface area contributed by atoms with E-state index in [0.29, 0.717) is 0 Å². The number of fused-ring (bicyclic) bond motifs is 4. The number of benzene rings is 7. The van der Waals surface area contributed by atoms with Crippen LogP contribution in [0, 0.1) is 17.5 Å². The fourth-order valence-electron chi connectivity index (χ4n) is 8.02. The first-order valence-electron chi connectivity index (χ1n) is 21.8. The van der Waals surface area contributed by atoms with Crippen LogP contribution in [-0.2, 0) is 26.5 Å². The molecule has 0 aliphatic carbocycles. The van der Waals surface area contributed by atoms with Crippen molar-refractivity contribution in [2.75, 3.05) is 0 Å². The van der Waals surface area contributed by atoms with Crippen molar-refractivity contribution in [3.63, 3.8) is 0 Å². The third-order valence-electron chi connectivity index (χ3n) is 10.8. The number of nitrogens with zero attached hydrogens (tertiary/aromatic N) is 3. The molecule has 62 heavy (non-hydrogen) atoms. The van der Waals surface area contributed by atoms with Crippen LogP contribution in [0.3, 0.4) is 0 Å². The molecule has 0 spiro atoms. The van der Waals surface area contributed by atoms with E-state index in [0.717, 1.165) is 94.3 Å². The van der Waals surface area contributed by atoms with Crippen molar-refractivity contribution < 1.29 is 27.3 Å². The Hall–Kier alpha value is -6.17. The van der Waals surface area contributed by atoms with Gasteiger partial charge in [0.25, 0.3) is 0 Å². The van der Waals surface area contributed by atoms with Gasteiger partial charge in [-0.25, -0.2) is 0 Å². The zero-order valence-electron chi connectivity index (χ0n) is 37.8. The molecule has 0 N–H and O–H groups in total. The van der Waals surface area contributed by atoms with Crippen LogP contribution >= 0.6 is 0 Å². The third kappa shape index (κ3) is 8.64. The summed E-state index contributed by atoms with van der Waals surface area (Å²) in [5, 5.41) is 3.24. The number of imidazole rings is 1. The zero-order valence-corrected chi connectivity index (χ0v) is 39.2. The standard InChI is InChI=1S/C37H23N2O.C19H26NSi.Ir/c1-3-13-25(14-4-1)27-18-11-19-28(26-15-5-2-6-16-26)35(27)39-33-23-9-8-22-32(33)38-37(39)31-21-12-20-30-29-17-7-10-24-34(29)40-36(30)31;1-19(2,3)13-16-12-17(15-10-8-7-9-11-15)20-14-18(16)21(4,5)6;/h1-20,22-24H;7-10,12,14H,13H2,1-6H3;/q2*-1;/i;13D2;. The van der Waals surface area contributed by atoms with Crippen molar-refractivity contribution in [2.45, 2.75) is 46.8 Å². The molecule has 3 heterocycles. The Morgan fingerprint density at radius 1 is 0.677 bits per heavy atom. The Balaban J connectivity index is 0.000000201. The summed E-state index contributed by atoms with van der Waals surface area (Å²) >= 11 is 0. The number of rotatable bonds is 7. The predicted octanol–water partition coefficient (Wildman–Crippen LogP) is 14.4. The van der Waals surface area contributed by atoms with E-state index in [4.69, 9.17) is 12.1 Å². The topological polar surface area (TPSA) is 43.9 Å². The number of pyridine rings is 1. The van der Waals surface area contributed by atoms with E-state index in [1.165, 1.54) is 0 Å². The van der Waals surface area contributed by atoms with Crippen molar-refractivity contribution in [3.8, 4) is 50.6 Å². The molecule has 4 nitrogen and oxygen atoms in total. The van der Waals surface area contributed by atoms with Crippen LogP contribution in [0.1, 0.15) is 29.1 Å². The van der Waals surface area contributed by atoms with Crippen molar-refractivity contribution in [3.05, 3.63) is 194 Å². The molecule has 0 aliphatic heterocycles. The maximum atomic E-state index is 8.75. The van der Waals surface area contributed by atoms with Gasteiger partial charge in [-0.3, -0.25) is 4.98 Å². The van der Waals surface area contributed by atoms with Gasteiger partial charge in [0.2, 0.25) is 0 Å². The summed E-state index contributed by atoms with van der Waals surface area (Å²) in [6.45, 7) is 12.6. The van der Waals surface area contributed by atoms with Crippen LogP contribution in [0.5, 0.6) is 0 Å². The molecule has 7 aromatic carbocycles. The first kappa shape index (κ1) is 39.9. The Bertz CT molecular complexity index is 3170. The van der Waals surface area contributed by atoms with Crippen molar-refractivity contribution in [2.24, 2.45) is 5.41 Å². The third-order valence-corrected chi connectivity index (χ3v) is 12.8. The maximum Gasteiger partial charge on any atom is 0.120 e. The fourth-order valence-corrected chi connectivity index (χ4v) is 9.42. The molecule has 10 rings (SSSR count). The normalized spacial score (nSPS) is 12.4. The molecule has 0 fully saturated rings. The molecule has 0 amide bonds. The summed E-state index contributed by atoms with van der Waals surface area (Å²) in [6.07, 6.45) is 0.469. The minimum atomic E-state index is -1.70. The summed E-state index contributed by atoms with van der Waals surface area (Å²) < 4.78 is 26.3. The van der Waals surface area contributed by atoms with Gasteiger partial charge in [0.15, 0.2) is 0 Å². The molecule has 3 aromatic heterocycles. The summed E-state index contributed by atoms with van der Waals surface area (Å²) in [7, 11) is -1.70. The number of hydrogen-bond acceptors (Lipinski definition) is 3. The Morgan fingerprint density at radius 2 is 1.32 bits per heavy atom. The van der Waals surface area contributed by atoms with E-state index < -0.39 is 19.9 Å². The Morgan fingerprint density at radius 3 is 1.98 bits per heavy atom. The molecule has 0 saturated heterocycles. The molecule has 0 bridgehead atoms. The number of hydrogen-bond donors (Lipinski definition) is 0. The van der Waals surface area contributed by atoms with Gasteiger partial charge in [-0.2, -0.15) is 0 Å². The van der Waals surface area contributed by atoms with Crippen LogP contribution in [0.2, 0.25) is 19.6 Å². The summed E-state index contributed by atoms with van der Waals surface area (Å²) in [5.41, 5.74) is 12.0. The van der Waals surface area contributed by atoms with Crippen LogP contribution in [0.4, 0.5) is 0 Å². The minimum absolute atomic E-state index is 0. The molecule has 6 heteroatoms. The van der Waals surface area contributed by atoms with Crippen LogP contribution in [0.25, 0.3) is 83.6 Å². The molecular formula is C56H49IrN3OSi-2. The molecule has 0 saturated carbocycles. The van der Waals surface area contributed by atoms with E-state index in [-0.39, 0.29) is 20.1 Å². The predicted molar refractivity (Wildman–Crippen MR) is 258 cm³/mol. The average molecular weight is 1000 g/mol. The fraction of sp³-hybridized carbons (Fsp3) is 0.143. The van der Waals surface area contributed by atoms with Gasteiger partial charge in [0.1, 0.15) is 5.58 Å². The van der Waals surface area contributed by atoms with Gasteiger partial charge in [-0.05, 0) is 52.0 Å². The number of para-hydroxylation sites is 4. The maximum absolute atomic E-state index is 8.75. The van der Waals surface area contributed by atoms with E-state index in [2.05, 4.69) is 151 Å². The second-order valence-corrected chi connectivity index (χ2v) is 22.4. The summed E-state index contributed by atoms with van der Waals surface area (Å²) in [4.78, 5) is 9.83. The SMILES string of the molecule is [2H]C([2H])(c1cc(-c2[c-]cccc2)ncc1[Si](C)(C)C)C(C)(C)C.[Ir].[c-]1ccc2c(oc3ccccc32)c1-c1nc2ccccc2n1-c1c(-c2ccccc2)cccc1-c1ccccc1. The van der Waals surface area contributed by atoms with E-state index >= 15 is 0 Å². The summed E-state index contributed by atoms with van der Waals surface area (Å²) in [5.74, 6) is 0.798. The number of furan rings is 1. The quantitative estimate of drug-likeness (QED) is 0.118. The smallest absolute Gasteiger partial charge is 0.120 e. The van der Waals surface area contributed by atoms with Crippen molar-refractivity contribution in [1.29, 1.82) is 0 Å². The molecule has 0 unspecified atom stereocenters. The summed E-state index contributed by atoms with van der Waals surface area (Å²) in [6, 6.07) is 64.5. The van der Waals surface area contributed by atoms with Gasteiger partial charge in [-0.1, -0.05) is 172 Å². The van der Waals surface area contributed by atoms with Gasteiger partial charge in [0.05, 0.1) is 36.2 Å². The molecule has 1 radical (unpaired) electrons. The Labute approximate surface area is 382 Å². The second kappa shape index (κ2) is 17.7. The molecule has 309 valence electrons. The molecule has 0 aliphatic rings. The van der Waals surface area contributed by atoms with Crippen LogP contribution in [-0.4, -0.2) is 22.6 Å². The molecule has 10 aromatic rings. The van der Waals surface area contributed by atoms with Gasteiger partial charge >= 0.3 is 0 Å². The van der Waals surface area contributed by atoms with E-state index in [9.17, 15) is 0 Å². The largest absolute Gasteiger partial charge is 0.501 e. The van der Waals surface area contributed by atoms with E-state index in [1.807, 2.05) is 87.6 Å². The van der Waals surface area contributed by atoms with Crippen molar-refractivity contribution in [1.82, 2.24) is 14.5 Å². The van der Waals surface area contributed by atoms with Gasteiger partial charge in [-0.15, -0.1) is 54.1 Å². The average Bonchev–Trinajstić information content (AvgIpc) is 3.88. The Kier molecular flexibility index (Phi) is 11.4. The number of aromatic nitrogens is 3. The van der Waals surface area contributed by atoms with E-state index in [1.54, 1.807) is 0 Å². The second-order valence-electron chi connectivity index (χ2n) is 17.4. The molecular weight excluding hydrogens is 951 g/mol. The first-order chi connectivity index (χ1) is 30.3. The van der Waals surface area contributed by atoms with Crippen LogP contribution in [0.15, 0.2) is 180 Å². The zero-order chi connectivity index (χ0) is 43.9. The minimum Gasteiger partial charge on any atom is -0.501 e. The van der Waals surface area contributed by atoms with Gasteiger partial charge in [0, 0.05) is 45.6 Å². The molecule has 0 atom stereocenters.